The molecule has 106 heavy (non-hydrogen) atoms. The first-order valence-electron chi connectivity index (χ1n) is 29.4. The van der Waals surface area contributed by atoms with Crippen LogP contribution in [0.4, 0.5) is 20.4 Å². The molecular formula is C59H69Cl15F2N13O11PS4Zn. The molecule has 1 atom stereocenters. The van der Waals surface area contributed by atoms with Gasteiger partial charge in [-0.05, 0) is 139 Å². The number of aromatic amines is 2. The molecule has 47 heteroatoms. The molecular weight excluding hydrogens is 1860 g/mol. The number of hydrogen-bond donors (Lipinski definition) is 9. The second-order valence-corrected chi connectivity index (χ2v) is 52.4. The van der Waals surface area contributed by atoms with Crippen LogP contribution in [0.3, 0.4) is 0 Å². The number of fused-ring (bicyclic) bond motifs is 2. The van der Waals surface area contributed by atoms with E-state index in [0.717, 1.165) is 49.8 Å². The number of nitrogens with two attached hydrogens (primary N) is 1. The number of anilines is 2. The van der Waals surface area contributed by atoms with E-state index in [1.807, 2.05) is 24.3 Å². The Balaban J connectivity index is 0.000000706. The number of carbonyl (C=O) groups excluding carboxylic acids is 3. The van der Waals surface area contributed by atoms with Crippen molar-refractivity contribution >= 4 is 266 Å². The van der Waals surface area contributed by atoms with Gasteiger partial charge >= 0.3 is 59.6 Å². The Bertz CT molecular complexity index is 4460. The number of aromatic nitrogens is 6. The molecule has 6 aromatic heterocycles. The number of rotatable bonds is 24. The van der Waals surface area contributed by atoms with E-state index in [0.29, 0.717) is 17.0 Å². The average molecular weight is 1930 g/mol. The third-order valence-electron chi connectivity index (χ3n) is 12.6. The second kappa shape index (κ2) is 46.5. The molecule has 0 fully saturated rings. The summed E-state index contributed by atoms with van der Waals surface area (Å²) in [6.45, 7) is 10.1. The summed E-state index contributed by atoms with van der Waals surface area (Å²) in [4.78, 5) is 59.3. The van der Waals surface area contributed by atoms with Gasteiger partial charge in [0.25, 0.3) is 10.0 Å². The van der Waals surface area contributed by atoms with Crippen LogP contribution < -0.4 is 31.1 Å². The standard InChI is InChI=1S/C22H17Cl3FN5O3S.C20H18FN5O2S.C6H15N.C5H7Cl4NO3S.C5H8Cl3NO3S.CH4.Cl5P.Zn/c23-22(24,25)11-18(32)28-12-35(33,34)31-17-6-5-16-19(13-7-9-27-10-8-13)20(30-21(16)29-17)14-1-3-15(26)4-2-14;21-15-3-1-14(2-4-15)19-18(13-7-10-23-11-8-13)16-5-6-17(24-20(16)25-19)26-29(27,28)12-9-22;1-4-7(5-2)6-3;6-5(7,8)3-4(11)10-1-2-14(9,12)13;6-5(7,8)3-4(10)9-1-2-13(11)12;;1-6(2,3,4)5;/h1-10H,11-12H2,(H,28,32)(H2,29,30,31);1-8,10-11H,9,12,22H2,(H2,24,25,26);4-6H2,1-3H3;1-3H2,(H,10,11);1-3H2,(H,9,10)(H,11,12);1H4;;. The quantitative estimate of drug-likeness (QED) is 0.00892. The number of H-pyrrole nitrogens is 2. The third-order valence-corrected chi connectivity index (χ3v) is 17.8. The van der Waals surface area contributed by atoms with Crippen molar-refractivity contribution in [1.29, 1.82) is 0 Å². The molecule has 6 heterocycles. The maximum Gasteiger partial charge on any atom is 0.252 e. The Kier molecular flexibility index (Phi) is 44.4. The van der Waals surface area contributed by atoms with Crippen LogP contribution in [-0.4, -0.2) is 160 Å². The van der Waals surface area contributed by atoms with Gasteiger partial charge in [0.1, 0.15) is 40.4 Å². The molecule has 24 nitrogen and oxygen atoms in total. The van der Waals surface area contributed by atoms with E-state index in [2.05, 4.69) is 81.0 Å². The van der Waals surface area contributed by atoms with Crippen molar-refractivity contribution in [3.63, 3.8) is 0 Å². The minimum Gasteiger partial charge on any atom is -0.355 e. The summed E-state index contributed by atoms with van der Waals surface area (Å²) in [6.07, 6.45) is 5.57. The molecule has 2 aromatic carbocycles. The van der Waals surface area contributed by atoms with Crippen LogP contribution in [0.1, 0.15) is 47.5 Å². The molecule has 10 N–H and O–H groups in total. The van der Waals surface area contributed by atoms with Crippen molar-refractivity contribution in [2.24, 2.45) is 5.73 Å². The van der Waals surface area contributed by atoms with Crippen LogP contribution in [0.25, 0.3) is 66.8 Å². The van der Waals surface area contributed by atoms with Gasteiger partial charge in [0.2, 0.25) is 36.8 Å². The predicted octanol–water partition coefficient (Wildman–Crippen LogP) is 16.9. The molecule has 0 aliphatic rings. The number of nitrogens with one attached hydrogen (secondary N) is 7. The van der Waals surface area contributed by atoms with E-state index >= 15 is 0 Å². The van der Waals surface area contributed by atoms with E-state index in [1.165, 1.54) is 50.0 Å². The third kappa shape index (κ3) is 43.3. The minimum absolute atomic E-state index is 0. The van der Waals surface area contributed by atoms with Gasteiger partial charge < -0.3 is 41.1 Å². The molecule has 0 saturated carbocycles. The van der Waals surface area contributed by atoms with E-state index in [1.54, 1.807) is 67.3 Å². The fraction of sp³-hybridized carbons (Fsp3) is 0.339. The summed E-state index contributed by atoms with van der Waals surface area (Å²) in [6, 6.07) is 26.1. The number of sulfonamides is 2. The number of hydrogen-bond acceptors (Lipinski definition) is 16. The van der Waals surface area contributed by atoms with Gasteiger partial charge in [-0.15, -0.1) is 0 Å². The zero-order valence-corrected chi connectivity index (χ0v) is 73.3. The van der Waals surface area contributed by atoms with Crippen molar-refractivity contribution in [2.75, 3.05) is 71.8 Å². The van der Waals surface area contributed by atoms with Crippen molar-refractivity contribution in [1.82, 2.24) is 50.8 Å². The van der Waals surface area contributed by atoms with Crippen LogP contribution >= 0.6 is 175 Å². The number of alkyl halides is 9. The van der Waals surface area contributed by atoms with Crippen molar-refractivity contribution < 1.29 is 76.7 Å². The summed E-state index contributed by atoms with van der Waals surface area (Å²) < 4.78 is 111. The maximum absolute atomic E-state index is 13.5. The molecule has 0 aliphatic heterocycles. The van der Waals surface area contributed by atoms with Crippen LogP contribution in [0.5, 0.6) is 0 Å². The molecule has 0 bridgehead atoms. The summed E-state index contributed by atoms with van der Waals surface area (Å²) in [5, 5.41) is 8.27. The van der Waals surface area contributed by atoms with E-state index in [9.17, 15) is 52.6 Å². The molecule has 0 radical (unpaired) electrons. The first kappa shape index (κ1) is 101. The molecule has 0 aliphatic carbocycles. The second-order valence-electron chi connectivity index (χ2n) is 20.7. The normalized spacial score (nSPS) is 12.3. The first-order valence-corrected chi connectivity index (χ1v) is 46.6. The summed E-state index contributed by atoms with van der Waals surface area (Å²) in [5.41, 5.74) is 12.6. The summed E-state index contributed by atoms with van der Waals surface area (Å²) in [7, 11) is -6.28. The molecule has 3 amide bonds. The monoisotopic (exact) mass is 1920 g/mol. The molecule has 0 saturated heterocycles. The SMILES string of the molecule is C.CCN(CC)CC.ClP(Cl)(Cl)(Cl)Cl.NCCS(=O)(=O)Nc1ccc2c(-c3ccncc3)c(-c3ccc(F)cc3)[nH]c2n1.O=C(CC(Cl)(Cl)Cl)NCCS(=O)(=O)Cl.O=C(CC(Cl)(Cl)Cl)NCCS(=O)O.O=C(CC(Cl)(Cl)Cl)NCS(=O)(=O)Nc1ccc2c(-c3ccncc3)c(-c3ccc(F)cc3)[nH]c2n1.[Zn]. The average Bonchev–Trinajstić information content (AvgIpc) is 1.62. The van der Waals surface area contributed by atoms with Crippen LogP contribution in [-0.2, 0) is 74.0 Å². The molecule has 0 spiro atoms. The number of nitrogens with zero attached hydrogens (tertiary/aromatic N) is 5. The fourth-order valence-electron chi connectivity index (χ4n) is 8.29. The number of benzene rings is 2. The largest absolute Gasteiger partial charge is 0.355 e. The Morgan fingerprint density at radius 2 is 0.887 bits per heavy atom. The zero-order chi connectivity index (χ0) is 78.7. The van der Waals surface area contributed by atoms with Gasteiger partial charge in [-0.2, -0.15) is 0 Å². The maximum atomic E-state index is 13.5. The minimum atomic E-state index is -4.00. The fourth-order valence-corrected chi connectivity index (χ4v) is 11.9. The van der Waals surface area contributed by atoms with E-state index < -0.39 is 84.9 Å². The van der Waals surface area contributed by atoms with E-state index in [-0.39, 0.29) is 99.9 Å². The Labute approximate surface area is 701 Å². The molecule has 8 aromatic rings. The Hall–Kier alpha value is -2.73. The number of halogens is 17. The Morgan fingerprint density at radius 1 is 0.547 bits per heavy atom. The van der Waals surface area contributed by atoms with Gasteiger partial charge in [-0.1, -0.05) is 133 Å². The van der Waals surface area contributed by atoms with Crippen molar-refractivity contribution in [3.05, 3.63) is 133 Å². The predicted molar refractivity (Wildman–Crippen MR) is 434 cm³/mol. The summed E-state index contributed by atoms with van der Waals surface area (Å²) >= 11 is 71.6. The van der Waals surface area contributed by atoms with Gasteiger partial charge in [0.15, 0.2) is 22.5 Å². The van der Waals surface area contributed by atoms with Gasteiger partial charge in [-0.25, -0.2) is 48.2 Å². The number of pyridine rings is 4. The zero-order valence-electron chi connectivity index (χ0n) is 54.8. The molecule has 1 unspecified atom stereocenters. The topological polar surface area (TPSA) is 363 Å². The molecule has 8 rings (SSSR count). The summed E-state index contributed by atoms with van der Waals surface area (Å²) in [5.74, 6) is -3.56. The van der Waals surface area contributed by atoms with Gasteiger partial charge in [0, 0.05) is 96.5 Å². The van der Waals surface area contributed by atoms with Gasteiger partial charge in [-0.3, -0.25) is 33.8 Å². The van der Waals surface area contributed by atoms with Crippen LogP contribution in [0.15, 0.2) is 122 Å². The smallest absolute Gasteiger partial charge is 0.252 e. The van der Waals surface area contributed by atoms with Crippen LogP contribution in [0.2, 0.25) is 0 Å². The first-order chi connectivity index (χ1) is 48.0. The molecule has 586 valence electrons. The van der Waals surface area contributed by atoms with Crippen molar-refractivity contribution in [3.8, 4) is 44.8 Å². The van der Waals surface area contributed by atoms with Gasteiger partial charge in [0.05, 0.1) is 47.9 Å². The number of carbonyl (C=O) groups is 3. The number of amides is 3. The van der Waals surface area contributed by atoms with E-state index in [4.69, 9.17) is 182 Å². The van der Waals surface area contributed by atoms with Crippen molar-refractivity contribution in [2.45, 2.75) is 58.8 Å². The van der Waals surface area contributed by atoms with Crippen LogP contribution in [0, 0.1) is 11.6 Å². The Morgan fingerprint density at radius 3 is 1.20 bits per heavy atom.